The largest absolute Gasteiger partial charge is 0.0622 e. The van der Waals surface area contributed by atoms with Crippen molar-refractivity contribution in [3.05, 3.63) is 243 Å². The standard InChI is InChI=1S/C62H40/c1-5-17-42(18-6-1)59-51-25-13-15-27-53(51)61(44-21-9-3-10-22-44)57-39-48(33-35-55(57)59)46-31-29-41-30-32-47(38-50(41)37-46)49-34-36-56-58(40-49)62(45-23-11-4-12-24-45)54-28-16-14-26-52(54)60(56)43-19-7-2-8-20-43/h1-40H. The van der Waals surface area contributed by atoms with Gasteiger partial charge in [0.2, 0.25) is 0 Å². The average Bonchev–Trinajstić information content (AvgIpc) is 3.35. The van der Waals surface area contributed by atoms with Crippen molar-refractivity contribution in [2.45, 2.75) is 0 Å². The fourth-order valence-corrected chi connectivity index (χ4v) is 9.99. The molecule has 12 aromatic rings. The van der Waals surface area contributed by atoms with Crippen LogP contribution < -0.4 is 0 Å². The third-order valence-corrected chi connectivity index (χ3v) is 12.8. The van der Waals surface area contributed by atoms with Crippen LogP contribution in [0.1, 0.15) is 0 Å². The maximum absolute atomic E-state index is 2.42. The van der Waals surface area contributed by atoms with Crippen LogP contribution in [0.2, 0.25) is 0 Å². The second kappa shape index (κ2) is 14.9. The van der Waals surface area contributed by atoms with E-state index >= 15 is 0 Å². The molecule has 0 saturated carbocycles. The molecule has 0 heterocycles. The molecular weight excluding hydrogens is 745 g/mol. The number of hydrogen-bond acceptors (Lipinski definition) is 0. The minimum atomic E-state index is 1.20. The van der Waals surface area contributed by atoms with E-state index in [1.54, 1.807) is 0 Å². The van der Waals surface area contributed by atoms with Crippen LogP contribution in [-0.4, -0.2) is 0 Å². The molecule has 0 atom stereocenters. The molecule has 62 heavy (non-hydrogen) atoms. The minimum Gasteiger partial charge on any atom is -0.0622 e. The van der Waals surface area contributed by atoms with Gasteiger partial charge in [0.1, 0.15) is 0 Å². The van der Waals surface area contributed by atoms with Gasteiger partial charge >= 0.3 is 0 Å². The molecule has 0 amide bonds. The summed E-state index contributed by atoms with van der Waals surface area (Å²) in [5.74, 6) is 0. The Kier molecular flexibility index (Phi) is 8.61. The molecule has 0 bridgehead atoms. The van der Waals surface area contributed by atoms with E-state index in [2.05, 4.69) is 243 Å². The van der Waals surface area contributed by atoms with Crippen molar-refractivity contribution < 1.29 is 0 Å². The lowest BCUT2D eigenvalue weighted by molar-refractivity contribution is 1.63. The summed E-state index contributed by atoms with van der Waals surface area (Å²) >= 11 is 0. The average molecular weight is 785 g/mol. The second-order valence-electron chi connectivity index (χ2n) is 16.4. The van der Waals surface area contributed by atoms with E-state index in [-0.39, 0.29) is 0 Å². The fourth-order valence-electron chi connectivity index (χ4n) is 9.99. The molecule has 0 nitrogen and oxygen atoms in total. The molecule has 12 rings (SSSR count). The summed E-state index contributed by atoms with van der Waals surface area (Å²) < 4.78 is 0. The van der Waals surface area contributed by atoms with Gasteiger partial charge in [0, 0.05) is 0 Å². The number of benzene rings is 12. The lowest BCUT2D eigenvalue weighted by Gasteiger charge is -2.19. The maximum atomic E-state index is 2.42. The molecule has 12 aromatic carbocycles. The van der Waals surface area contributed by atoms with E-state index < -0.39 is 0 Å². The molecule has 0 aliphatic carbocycles. The van der Waals surface area contributed by atoms with E-state index in [4.69, 9.17) is 0 Å². The summed E-state index contributed by atoms with van der Waals surface area (Å²) in [7, 11) is 0. The Balaban J connectivity index is 1.04. The van der Waals surface area contributed by atoms with Crippen LogP contribution in [-0.2, 0) is 0 Å². The van der Waals surface area contributed by atoms with Gasteiger partial charge in [-0.25, -0.2) is 0 Å². The topological polar surface area (TPSA) is 0 Å². The van der Waals surface area contributed by atoms with Gasteiger partial charge in [-0.3, -0.25) is 0 Å². The van der Waals surface area contributed by atoms with E-state index in [0.717, 1.165) is 0 Å². The van der Waals surface area contributed by atoms with Crippen molar-refractivity contribution in [2.75, 3.05) is 0 Å². The summed E-state index contributed by atoms with van der Waals surface area (Å²) in [4.78, 5) is 0. The van der Waals surface area contributed by atoms with Gasteiger partial charge in [-0.2, -0.15) is 0 Å². The SMILES string of the molecule is c1ccc(-c2c3ccccc3c(-c3ccccc3)c3cc(-c4ccc5ccc(-c6ccc7c(-c8ccccc8)c8ccccc8c(-c8ccccc8)c7c6)cc5c4)ccc23)cc1. The van der Waals surface area contributed by atoms with Gasteiger partial charge in [0.05, 0.1) is 0 Å². The van der Waals surface area contributed by atoms with Crippen LogP contribution in [0.15, 0.2) is 243 Å². The maximum Gasteiger partial charge on any atom is -0.00262 e. The van der Waals surface area contributed by atoms with E-state index in [1.165, 1.54) is 121 Å². The summed E-state index contributed by atoms with van der Waals surface area (Å²) in [6.45, 7) is 0. The minimum absolute atomic E-state index is 1.20. The fraction of sp³-hybridized carbons (Fsp3) is 0. The van der Waals surface area contributed by atoms with Crippen molar-refractivity contribution in [3.8, 4) is 66.8 Å². The molecule has 0 saturated heterocycles. The zero-order valence-electron chi connectivity index (χ0n) is 34.1. The molecule has 0 N–H and O–H groups in total. The van der Waals surface area contributed by atoms with Crippen molar-refractivity contribution >= 4 is 53.9 Å². The Bertz CT molecular complexity index is 3400. The summed E-state index contributed by atoms with van der Waals surface area (Å²) in [6, 6.07) is 89.3. The highest BCUT2D eigenvalue weighted by Crippen LogP contribution is 2.47. The van der Waals surface area contributed by atoms with Crippen molar-refractivity contribution in [3.63, 3.8) is 0 Å². The van der Waals surface area contributed by atoms with Gasteiger partial charge in [-0.05, 0) is 145 Å². The molecule has 0 radical (unpaired) electrons. The predicted molar refractivity (Wildman–Crippen MR) is 267 cm³/mol. The molecule has 0 heteroatoms. The van der Waals surface area contributed by atoms with Crippen LogP contribution in [0.4, 0.5) is 0 Å². The summed E-state index contributed by atoms with van der Waals surface area (Å²) in [5.41, 5.74) is 14.8. The van der Waals surface area contributed by atoms with Gasteiger partial charge in [0.25, 0.3) is 0 Å². The van der Waals surface area contributed by atoms with Gasteiger partial charge < -0.3 is 0 Å². The third-order valence-electron chi connectivity index (χ3n) is 12.8. The quantitative estimate of drug-likeness (QED) is 0.147. The highest BCUT2D eigenvalue weighted by atomic mass is 14.2. The van der Waals surface area contributed by atoms with E-state index in [1.807, 2.05) is 0 Å². The van der Waals surface area contributed by atoms with Crippen LogP contribution in [0, 0.1) is 0 Å². The number of hydrogen-bond donors (Lipinski definition) is 0. The first-order valence-corrected chi connectivity index (χ1v) is 21.5. The Morgan fingerprint density at radius 2 is 0.403 bits per heavy atom. The normalized spacial score (nSPS) is 11.5. The first-order valence-electron chi connectivity index (χ1n) is 21.5. The molecule has 0 aliphatic rings. The van der Waals surface area contributed by atoms with Crippen LogP contribution in [0.5, 0.6) is 0 Å². The van der Waals surface area contributed by atoms with Crippen LogP contribution in [0.25, 0.3) is 121 Å². The number of rotatable bonds is 6. The second-order valence-corrected chi connectivity index (χ2v) is 16.4. The number of fused-ring (bicyclic) bond motifs is 5. The van der Waals surface area contributed by atoms with Crippen molar-refractivity contribution in [1.29, 1.82) is 0 Å². The molecule has 0 spiro atoms. The molecular formula is C62H40. The lowest BCUT2D eigenvalue weighted by atomic mass is 9.84. The zero-order valence-corrected chi connectivity index (χ0v) is 34.1. The third kappa shape index (κ3) is 5.99. The summed E-state index contributed by atoms with van der Waals surface area (Å²) in [6.07, 6.45) is 0. The predicted octanol–water partition coefficient (Wildman–Crippen LogP) is 17.5. The zero-order chi connectivity index (χ0) is 41.0. The van der Waals surface area contributed by atoms with Gasteiger partial charge in [0.15, 0.2) is 0 Å². The molecule has 0 unspecified atom stereocenters. The highest BCUT2D eigenvalue weighted by molar-refractivity contribution is 6.23. The van der Waals surface area contributed by atoms with E-state index in [9.17, 15) is 0 Å². The molecule has 0 aliphatic heterocycles. The monoisotopic (exact) mass is 784 g/mol. The lowest BCUT2D eigenvalue weighted by Crippen LogP contribution is -1.92. The van der Waals surface area contributed by atoms with Crippen LogP contribution in [0.3, 0.4) is 0 Å². The first kappa shape index (κ1) is 35.8. The molecule has 288 valence electrons. The van der Waals surface area contributed by atoms with Crippen molar-refractivity contribution in [1.82, 2.24) is 0 Å². The molecule has 0 aromatic heterocycles. The van der Waals surface area contributed by atoms with E-state index in [0.29, 0.717) is 0 Å². The van der Waals surface area contributed by atoms with Gasteiger partial charge in [-0.1, -0.05) is 218 Å². The summed E-state index contributed by atoms with van der Waals surface area (Å²) in [5, 5.41) is 12.5. The Hall–Kier alpha value is -8.06. The van der Waals surface area contributed by atoms with Crippen LogP contribution >= 0.6 is 0 Å². The Morgan fingerprint density at radius 3 is 0.742 bits per heavy atom. The first-order chi connectivity index (χ1) is 30.8. The van der Waals surface area contributed by atoms with Crippen molar-refractivity contribution in [2.24, 2.45) is 0 Å². The Morgan fingerprint density at radius 1 is 0.145 bits per heavy atom. The smallest absolute Gasteiger partial charge is 0.00262 e. The van der Waals surface area contributed by atoms with Gasteiger partial charge in [-0.15, -0.1) is 0 Å². The highest BCUT2D eigenvalue weighted by Gasteiger charge is 2.19. The Labute approximate surface area is 361 Å². The molecule has 0 fully saturated rings.